The van der Waals surface area contributed by atoms with E-state index in [0.29, 0.717) is 11.1 Å². The molecular formula is C39H24N2O2. The van der Waals surface area contributed by atoms with Crippen molar-refractivity contribution in [1.82, 2.24) is 4.57 Å². The van der Waals surface area contributed by atoms with Gasteiger partial charge in [0.2, 0.25) is 0 Å². The van der Waals surface area contributed by atoms with Gasteiger partial charge in [0.15, 0.2) is 11.2 Å². The molecule has 0 aliphatic heterocycles. The molecule has 0 amide bonds. The minimum absolute atomic E-state index is 0.513. The number of fused-ring (bicyclic) bond motifs is 9. The summed E-state index contributed by atoms with van der Waals surface area (Å²) in [5.74, 6) is 0. The fraction of sp³-hybridized carbons (Fsp3) is 0.0513. The van der Waals surface area contributed by atoms with Gasteiger partial charge in [-0.1, -0.05) is 71.8 Å². The van der Waals surface area contributed by atoms with Crippen LogP contribution in [0.3, 0.4) is 0 Å². The van der Waals surface area contributed by atoms with Crippen LogP contribution in [0.15, 0.2) is 118 Å². The van der Waals surface area contributed by atoms with Crippen LogP contribution in [0.25, 0.3) is 82.5 Å². The van der Waals surface area contributed by atoms with E-state index >= 15 is 0 Å². The zero-order chi connectivity index (χ0) is 28.8. The van der Waals surface area contributed by atoms with Crippen molar-refractivity contribution in [3.63, 3.8) is 0 Å². The fourth-order valence-electron chi connectivity index (χ4n) is 6.89. The quantitative estimate of drug-likeness (QED) is 0.214. The van der Waals surface area contributed by atoms with Crippen molar-refractivity contribution in [2.45, 2.75) is 13.8 Å². The number of para-hydroxylation sites is 2. The van der Waals surface area contributed by atoms with Gasteiger partial charge in [-0.2, -0.15) is 5.26 Å². The second-order valence-corrected chi connectivity index (χ2v) is 11.4. The molecule has 0 spiro atoms. The molecule has 0 fully saturated rings. The first-order chi connectivity index (χ1) is 21.1. The summed E-state index contributed by atoms with van der Waals surface area (Å²) in [6.45, 7) is 4.26. The Hall–Kier alpha value is -5.79. The predicted molar refractivity (Wildman–Crippen MR) is 175 cm³/mol. The molecule has 3 heterocycles. The number of aryl methyl sites for hydroxylation is 2. The number of rotatable bonds is 2. The first kappa shape index (κ1) is 23.9. The summed E-state index contributed by atoms with van der Waals surface area (Å²) < 4.78 is 15.3. The molecule has 0 N–H and O–H groups in total. The zero-order valence-electron chi connectivity index (χ0n) is 23.6. The van der Waals surface area contributed by atoms with E-state index in [1.165, 1.54) is 21.9 Å². The van der Waals surface area contributed by atoms with Crippen molar-refractivity contribution in [3.05, 3.63) is 126 Å². The lowest BCUT2D eigenvalue weighted by molar-refractivity contribution is 0.665. The maximum Gasteiger partial charge on any atom is 0.159 e. The van der Waals surface area contributed by atoms with Crippen LogP contribution in [-0.4, -0.2) is 4.57 Å². The van der Waals surface area contributed by atoms with Crippen LogP contribution in [0.4, 0.5) is 0 Å². The average Bonchev–Trinajstić information content (AvgIpc) is 3.70. The third kappa shape index (κ3) is 3.25. The number of benzene rings is 6. The summed E-state index contributed by atoms with van der Waals surface area (Å²) in [5, 5.41) is 16.6. The first-order valence-electron chi connectivity index (χ1n) is 14.4. The molecule has 202 valence electrons. The summed E-state index contributed by atoms with van der Waals surface area (Å²) in [7, 11) is 0. The molecule has 43 heavy (non-hydrogen) atoms. The molecule has 0 saturated heterocycles. The molecule has 6 aromatic carbocycles. The maximum atomic E-state index is 10.2. The monoisotopic (exact) mass is 552 g/mol. The van der Waals surface area contributed by atoms with E-state index in [1.54, 1.807) is 0 Å². The van der Waals surface area contributed by atoms with Crippen LogP contribution in [0.5, 0.6) is 0 Å². The molecule has 0 aliphatic rings. The van der Waals surface area contributed by atoms with E-state index in [-0.39, 0.29) is 0 Å². The zero-order valence-corrected chi connectivity index (χ0v) is 23.6. The second-order valence-electron chi connectivity index (χ2n) is 11.4. The highest BCUT2D eigenvalue weighted by Crippen LogP contribution is 2.45. The van der Waals surface area contributed by atoms with Gasteiger partial charge < -0.3 is 13.4 Å². The number of nitrogens with zero attached hydrogens (tertiary/aromatic N) is 2. The molecule has 0 aliphatic carbocycles. The Morgan fingerprint density at radius 3 is 2.00 bits per heavy atom. The van der Waals surface area contributed by atoms with Gasteiger partial charge in [0, 0.05) is 32.3 Å². The number of furan rings is 2. The molecule has 4 heteroatoms. The highest BCUT2D eigenvalue weighted by Gasteiger charge is 2.23. The SMILES string of the molecule is Cc1ccc2c(c1)c1cc(C)ccc1n2-c1cccc2c1oc1c(C#N)ccc(-c3cccc4oc5ccccc5c34)c12. The number of nitriles is 1. The van der Waals surface area contributed by atoms with Gasteiger partial charge in [-0.3, -0.25) is 0 Å². The highest BCUT2D eigenvalue weighted by molar-refractivity contribution is 6.21. The van der Waals surface area contributed by atoms with E-state index in [2.05, 4.69) is 91.2 Å². The van der Waals surface area contributed by atoms with Crippen LogP contribution >= 0.6 is 0 Å². The van der Waals surface area contributed by atoms with Crippen molar-refractivity contribution >= 4 is 65.7 Å². The van der Waals surface area contributed by atoms with Crippen LogP contribution in [-0.2, 0) is 0 Å². The normalized spacial score (nSPS) is 11.9. The number of hydrogen-bond acceptors (Lipinski definition) is 3. The average molecular weight is 553 g/mol. The van der Waals surface area contributed by atoms with E-state index in [0.717, 1.165) is 66.1 Å². The molecular weight excluding hydrogens is 528 g/mol. The first-order valence-corrected chi connectivity index (χ1v) is 14.4. The largest absolute Gasteiger partial charge is 0.456 e. The van der Waals surface area contributed by atoms with E-state index in [1.807, 2.05) is 42.5 Å². The van der Waals surface area contributed by atoms with E-state index in [9.17, 15) is 5.26 Å². The third-order valence-electron chi connectivity index (χ3n) is 8.76. The number of aromatic nitrogens is 1. The molecule has 0 atom stereocenters. The fourth-order valence-corrected chi connectivity index (χ4v) is 6.89. The van der Waals surface area contributed by atoms with E-state index < -0.39 is 0 Å². The summed E-state index contributed by atoms with van der Waals surface area (Å²) in [5.41, 5.74) is 11.2. The Morgan fingerprint density at radius 2 is 1.23 bits per heavy atom. The van der Waals surface area contributed by atoms with Gasteiger partial charge in [0.1, 0.15) is 17.2 Å². The second kappa shape index (κ2) is 8.61. The summed E-state index contributed by atoms with van der Waals surface area (Å²) in [6.07, 6.45) is 0. The lowest BCUT2D eigenvalue weighted by Gasteiger charge is -2.09. The summed E-state index contributed by atoms with van der Waals surface area (Å²) in [4.78, 5) is 0. The van der Waals surface area contributed by atoms with Gasteiger partial charge in [-0.25, -0.2) is 0 Å². The molecule has 0 unspecified atom stereocenters. The maximum absolute atomic E-state index is 10.2. The van der Waals surface area contributed by atoms with Crippen LogP contribution < -0.4 is 0 Å². The van der Waals surface area contributed by atoms with Crippen molar-refractivity contribution in [2.24, 2.45) is 0 Å². The topological polar surface area (TPSA) is 55.0 Å². The Kier molecular flexibility index (Phi) is 4.78. The van der Waals surface area contributed by atoms with Crippen molar-refractivity contribution in [2.75, 3.05) is 0 Å². The molecule has 0 bridgehead atoms. The van der Waals surface area contributed by atoms with Gasteiger partial charge >= 0.3 is 0 Å². The van der Waals surface area contributed by atoms with Crippen LogP contribution in [0.2, 0.25) is 0 Å². The Bertz CT molecular complexity index is 2600. The Labute approximate surface area is 246 Å². The van der Waals surface area contributed by atoms with Gasteiger partial charge in [-0.05, 0) is 73.5 Å². The molecule has 3 aromatic heterocycles. The van der Waals surface area contributed by atoms with E-state index in [4.69, 9.17) is 8.83 Å². The Balaban J connectivity index is 1.42. The summed E-state index contributed by atoms with van der Waals surface area (Å²) >= 11 is 0. The third-order valence-corrected chi connectivity index (χ3v) is 8.76. The standard InChI is InChI=1S/C39H24N2O2/c1-22-13-17-31-29(19-22)30-20-23(2)14-18-32(30)41(31)33-10-5-9-28-37-26(16-15-24(21-40)38(37)43-39(28)33)25-8-6-12-35-36(25)27-7-3-4-11-34(27)42-35/h3-20H,1-2H3. The molecule has 9 rings (SSSR count). The molecule has 0 saturated carbocycles. The van der Waals surface area contributed by atoms with Crippen LogP contribution in [0, 0.1) is 25.2 Å². The van der Waals surface area contributed by atoms with Gasteiger partial charge in [-0.15, -0.1) is 0 Å². The minimum atomic E-state index is 0.513. The Morgan fingerprint density at radius 1 is 0.558 bits per heavy atom. The van der Waals surface area contributed by atoms with Gasteiger partial charge in [0.25, 0.3) is 0 Å². The molecule has 9 aromatic rings. The van der Waals surface area contributed by atoms with Gasteiger partial charge in [0.05, 0.1) is 22.3 Å². The minimum Gasteiger partial charge on any atom is -0.456 e. The molecule has 0 radical (unpaired) electrons. The highest BCUT2D eigenvalue weighted by atomic mass is 16.3. The molecule has 4 nitrogen and oxygen atoms in total. The van der Waals surface area contributed by atoms with Crippen molar-refractivity contribution < 1.29 is 8.83 Å². The van der Waals surface area contributed by atoms with Crippen molar-refractivity contribution in [3.8, 4) is 22.9 Å². The van der Waals surface area contributed by atoms with Crippen molar-refractivity contribution in [1.29, 1.82) is 5.26 Å². The predicted octanol–water partition coefficient (Wildman–Crippen LogP) is 10.7. The van der Waals surface area contributed by atoms with Crippen LogP contribution in [0.1, 0.15) is 16.7 Å². The number of hydrogen-bond donors (Lipinski definition) is 0. The smallest absolute Gasteiger partial charge is 0.159 e. The summed E-state index contributed by atoms with van der Waals surface area (Å²) in [6, 6.07) is 40.1. The lowest BCUT2D eigenvalue weighted by atomic mass is 9.94. The lowest BCUT2D eigenvalue weighted by Crippen LogP contribution is -1.94.